The first kappa shape index (κ1) is 19.4. The van der Waals surface area contributed by atoms with Crippen LogP contribution in [0.5, 0.6) is 0 Å². The van der Waals surface area contributed by atoms with E-state index in [0.29, 0.717) is 12.8 Å². The second kappa shape index (κ2) is 8.48. The molecule has 1 aliphatic rings. The number of aliphatic hydroxyl groups is 1. The second-order valence-corrected chi connectivity index (χ2v) is 7.33. The molecule has 2 atom stereocenters. The summed E-state index contributed by atoms with van der Waals surface area (Å²) in [6, 6.07) is 9.40. The van der Waals surface area contributed by atoms with Gasteiger partial charge in [-0.15, -0.1) is 0 Å². The Morgan fingerprint density at radius 1 is 1.32 bits per heavy atom. The van der Waals surface area contributed by atoms with Crippen molar-refractivity contribution in [3.05, 3.63) is 35.9 Å². The van der Waals surface area contributed by atoms with Gasteiger partial charge in [-0.1, -0.05) is 56.5 Å². The van der Waals surface area contributed by atoms with Crippen LogP contribution in [0.3, 0.4) is 0 Å². The van der Waals surface area contributed by atoms with Crippen LogP contribution in [0.2, 0.25) is 0 Å². The van der Waals surface area contributed by atoms with Crippen molar-refractivity contribution in [2.24, 2.45) is 5.41 Å². The standard InChI is InChI=1S/C20H29NO4/c1-4-5-7-12-17(22)20(2,3)18(23)21-16(14-25-19(21)24)13-15-10-8-6-9-11-15/h6,8-11,16-17,22H,4-5,7,12-14H2,1-3H3/t16-,17-/m0/s1. The van der Waals surface area contributed by atoms with Crippen molar-refractivity contribution in [2.75, 3.05) is 6.61 Å². The average Bonchev–Trinajstić information content (AvgIpc) is 2.95. The quantitative estimate of drug-likeness (QED) is 0.730. The Balaban J connectivity index is 2.09. The number of hydrogen-bond acceptors (Lipinski definition) is 4. The lowest BCUT2D eigenvalue weighted by atomic mass is 9.82. The molecule has 0 aromatic heterocycles. The molecule has 1 aliphatic heterocycles. The lowest BCUT2D eigenvalue weighted by Crippen LogP contribution is -2.51. The molecule has 1 N–H and O–H groups in total. The predicted octanol–water partition coefficient (Wildman–Crippen LogP) is 3.54. The highest BCUT2D eigenvalue weighted by Crippen LogP contribution is 2.31. The van der Waals surface area contributed by atoms with Gasteiger partial charge in [0.15, 0.2) is 0 Å². The van der Waals surface area contributed by atoms with Crippen LogP contribution >= 0.6 is 0 Å². The topological polar surface area (TPSA) is 66.8 Å². The fraction of sp³-hybridized carbons (Fsp3) is 0.600. The molecule has 138 valence electrons. The smallest absolute Gasteiger partial charge is 0.417 e. The summed E-state index contributed by atoms with van der Waals surface area (Å²) in [5, 5.41) is 10.5. The Morgan fingerprint density at radius 2 is 2.00 bits per heavy atom. The summed E-state index contributed by atoms with van der Waals surface area (Å²) in [5.41, 5.74) is 0.0244. The molecule has 1 fully saturated rings. The molecule has 0 saturated carbocycles. The van der Waals surface area contributed by atoms with Gasteiger partial charge in [0.1, 0.15) is 6.61 Å². The van der Waals surface area contributed by atoms with E-state index in [1.165, 1.54) is 4.90 Å². The van der Waals surface area contributed by atoms with Crippen LogP contribution in [-0.4, -0.2) is 40.8 Å². The zero-order valence-electron chi connectivity index (χ0n) is 15.4. The number of unbranched alkanes of at least 4 members (excludes halogenated alkanes) is 2. The number of cyclic esters (lactones) is 1. The Kier molecular flexibility index (Phi) is 6.59. The number of aliphatic hydroxyl groups excluding tert-OH is 1. The molecule has 0 unspecified atom stereocenters. The van der Waals surface area contributed by atoms with Gasteiger partial charge in [-0.3, -0.25) is 4.79 Å². The minimum absolute atomic E-state index is 0.196. The molecule has 0 spiro atoms. The van der Waals surface area contributed by atoms with E-state index in [-0.39, 0.29) is 18.6 Å². The van der Waals surface area contributed by atoms with Crippen molar-refractivity contribution in [1.29, 1.82) is 0 Å². The van der Waals surface area contributed by atoms with E-state index in [0.717, 1.165) is 24.8 Å². The van der Waals surface area contributed by atoms with Gasteiger partial charge in [0.2, 0.25) is 5.91 Å². The van der Waals surface area contributed by atoms with Gasteiger partial charge >= 0.3 is 6.09 Å². The van der Waals surface area contributed by atoms with Gasteiger partial charge in [-0.2, -0.15) is 0 Å². The first-order valence-corrected chi connectivity index (χ1v) is 9.10. The zero-order chi connectivity index (χ0) is 18.4. The minimum Gasteiger partial charge on any atom is -0.447 e. The van der Waals surface area contributed by atoms with E-state index in [1.807, 2.05) is 30.3 Å². The van der Waals surface area contributed by atoms with E-state index in [2.05, 4.69) is 6.92 Å². The van der Waals surface area contributed by atoms with Crippen LogP contribution in [0.25, 0.3) is 0 Å². The molecule has 25 heavy (non-hydrogen) atoms. The van der Waals surface area contributed by atoms with Gasteiger partial charge in [0.05, 0.1) is 17.6 Å². The molecule has 1 aromatic rings. The molecule has 5 nitrogen and oxygen atoms in total. The maximum Gasteiger partial charge on any atom is 0.417 e. The van der Waals surface area contributed by atoms with E-state index in [1.54, 1.807) is 13.8 Å². The Hall–Kier alpha value is -1.88. The summed E-state index contributed by atoms with van der Waals surface area (Å²) in [4.78, 5) is 26.4. The molecule has 1 aromatic carbocycles. The van der Waals surface area contributed by atoms with Crippen LogP contribution in [0.4, 0.5) is 4.79 Å². The normalized spacial score (nSPS) is 19.0. The number of benzene rings is 1. The molecular formula is C20H29NO4. The third-order valence-corrected chi connectivity index (χ3v) is 4.96. The van der Waals surface area contributed by atoms with Crippen molar-refractivity contribution in [1.82, 2.24) is 4.90 Å². The number of amides is 2. The fourth-order valence-corrected chi connectivity index (χ4v) is 3.15. The van der Waals surface area contributed by atoms with Gasteiger partial charge < -0.3 is 9.84 Å². The van der Waals surface area contributed by atoms with E-state index in [9.17, 15) is 14.7 Å². The highest BCUT2D eigenvalue weighted by atomic mass is 16.6. The summed E-state index contributed by atoms with van der Waals surface area (Å²) in [6.45, 7) is 5.70. The van der Waals surface area contributed by atoms with E-state index >= 15 is 0 Å². The lowest BCUT2D eigenvalue weighted by Gasteiger charge is -2.33. The van der Waals surface area contributed by atoms with E-state index < -0.39 is 17.6 Å². The van der Waals surface area contributed by atoms with Crippen LogP contribution < -0.4 is 0 Å². The number of rotatable bonds is 8. The summed E-state index contributed by atoms with van der Waals surface area (Å²) in [5.74, 6) is -0.361. The zero-order valence-corrected chi connectivity index (χ0v) is 15.4. The highest BCUT2D eigenvalue weighted by Gasteiger charge is 2.46. The van der Waals surface area contributed by atoms with Crippen molar-refractivity contribution < 1.29 is 19.4 Å². The van der Waals surface area contributed by atoms with Gasteiger partial charge in [0.25, 0.3) is 0 Å². The van der Waals surface area contributed by atoms with Crippen LogP contribution in [0.1, 0.15) is 52.0 Å². The van der Waals surface area contributed by atoms with Crippen molar-refractivity contribution in [3.63, 3.8) is 0 Å². The first-order chi connectivity index (χ1) is 11.9. The van der Waals surface area contributed by atoms with Crippen molar-refractivity contribution in [3.8, 4) is 0 Å². The SMILES string of the molecule is CCCCC[C@H](O)C(C)(C)C(=O)N1C(=O)OC[C@@H]1Cc1ccccc1. The van der Waals surface area contributed by atoms with Gasteiger partial charge in [-0.25, -0.2) is 9.69 Å². The van der Waals surface area contributed by atoms with Crippen molar-refractivity contribution >= 4 is 12.0 Å². The number of nitrogens with zero attached hydrogens (tertiary/aromatic N) is 1. The number of imide groups is 1. The molecule has 1 saturated heterocycles. The number of carbonyl (C=O) groups excluding carboxylic acids is 2. The fourth-order valence-electron chi connectivity index (χ4n) is 3.15. The number of carbonyl (C=O) groups is 2. The molecule has 0 aliphatic carbocycles. The van der Waals surface area contributed by atoms with Crippen LogP contribution in [-0.2, 0) is 16.0 Å². The van der Waals surface area contributed by atoms with Crippen LogP contribution in [0.15, 0.2) is 30.3 Å². The number of ether oxygens (including phenoxy) is 1. The third kappa shape index (κ3) is 4.60. The Bertz CT molecular complexity index is 585. The highest BCUT2D eigenvalue weighted by molar-refractivity contribution is 5.96. The maximum atomic E-state index is 13.0. The molecule has 0 bridgehead atoms. The summed E-state index contributed by atoms with van der Waals surface area (Å²) >= 11 is 0. The third-order valence-electron chi connectivity index (χ3n) is 4.96. The largest absolute Gasteiger partial charge is 0.447 e. The first-order valence-electron chi connectivity index (χ1n) is 9.10. The summed E-state index contributed by atoms with van der Waals surface area (Å²) < 4.78 is 5.13. The summed E-state index contributed by atoms with van der Waals surface area (Å²) in [6.07, 6.45) is 2.66. The molecular weight excluding hydrogens is 318 g/mol. The molecule has 0 radical (unpaired) electrons. The molecule has 2 rings (SSSR count). The maximum absolute atomic E-state index is 13.0. The molecule has 1 heterocycles. The number of hydrogen-bond donors (Lipinski definition) is 1. The second-order valence-electron chi connectivity index (χ2n) is 7.33. The van der Waals surface area contributed by atoms with E-state index in [4.69, 9.17) is 4.74 Å². The van der Waals surface area contributed by atoms with Gasteiger partial charge in [-0.05, 0) is 32.3 Å². The minimum atomic E-state index is -1.02. The Labute approximate surface area is 150 Å². The van der Waals surface area contributed by atoms with Crippen LogP contribution in [0, 0.1) is 5.41 Å². The molecule has 5 heteroatoms. The average molecular weight is 347 g/mol. The lowest BCUT2D eigenvalue weighted by molar-refractivity contribution is -0.144. The Morgan fingerprint density at radius 3 is 2.64 bits per heavy atom. The predicted molar refractivity (Wildman–Crippen MR) is 96.1 cm³/mol. The van der Waals surface area contributed by atoms with Crippen molar-refractivity contribution in [2.45, 2.75) is 65.0 Å². The molecule has 2 amide bonds. The van der Waals surface area contributed by atoms with Gasteiger partial charge in [0, 0.05) is 0 Å². The summed E-state index contributed by atoms with van der Waals surface area (Å²) in [7, 11) is 0. The monoisotopic (exact) mass is 347 g/mol.